The number of carboxylic acids is 1. The molecule has 1 aromatic rings. The van der Waals surface area contributed by atoms with Crippen LogP contribution in [0.25, 0.3) is 0 Å². The van der Waals surface area contributed by atoms with Crippen molar-refractivity contribution in [2.75, 3.05) is 6.54 Å². The van der Waals surface area contributed by atoms with Gasteiger partial charge < -0.3 is 10.4 Å². The maximum absolute atomic E-state index is 12.1. The minimum absolute atomic E-state index is 0.0573. The second-order valence-corrected chi connectivity index (χ2v) is 5.96. The van der Waals surface area contributed by atoms with Crippen LogP contribution in [0.15, 0.2) is 12.1 Å². The number of nitrogens with one attached hydrogen (secondary N) is 1. The molecular formula is C14H16Cl2N2O3. The van der Waals surface area contributed by atoms with Gasteiger partial charge in [0.15, 0.2) is 0 Å². The van der Waals surface area contributed by atoms with Crippen molar-refractivity contribution < 1.29 is 14.7 Å². The Labute approximate surface area is 132 Å². The molecule has 2 N–H and O–H groups in total. The van der Waals surface area contributed by atoms with Crippen molar-refractivity contribution in [1.82, 2.24) is 10.3 Å². The Morgan fingerprint density at radius 1 is 1.29 bits per heavy atom. The van der Waals surface area contributed by atoms with Gasteiger partial charge in [0, 0.05) is 6.54 Å². The highest BCUT2D eigenvalue weighted by Gasteiger charge is 2.31. The monoisotopic (exact) mass is 330 g/mol. The number of carbonyl (C=O) groups is 2. The van der Waals surface area contributed by atoms with Crippen LogP contribution in [0.1, 0.15) is 36.2 Å². The molecule has 5 nitrogen and oxygen atoms in total. The van der Waals surface area contributed by atoms with Crippen molar-refractivity contribution in [2.24, 2.45) is 11.8 Å². The van der Waals surface area contributed by atoms with E-state index in [1.807, 2.05) is 0 Å². The fourth-order valence-electron chi connectivity index (χ4n) is 2.66. The Kier molecular flexibility index (Phi) is 5.42. The molecule has 0 radical (unpaired) electrons. The molecule has 1 heterocycles. The van der Waals surface area contributed by atoms with Gasteiger partial charge in [0.1, 0.15) is 10.8 Å². The third-order valence-electron chi connectivity index (χ3n) is 3.78. The normalized spacial score (nSPS) is 21.8. The van der Waals surface area contributed by atoms with Gasteiger partial charge in [0.05, 0.1) is 10.9 Å². The summed E-state index contributed by atoms with van der Waals surface area (Å²) in [5.41, 5.74) is 0.0619. The molecule has 21 heavy (non-hydrogen) atoms. The quantitative estimate of drug-likeness (QED) is 0.831. The van der Waals surface area contributed by atoms with Crippen LogP contribution in [0.3, 0.4) is 0 Å². The van der Waals surface area contributed by atoms with Gasteiger partial charge in [-0.05, 0) is 30.9 Å². The largest absolute Gasteiger partial charge is 0.481 e. The lowest BCUT2D eigenvalue weighted by atomic mass is 9.79. The number of carbonyl (C=O) groups excluding carboxylic acids is 1. The molecule has 114 valence electrons. The molecule has 1 saturated carbocycles. The SMILES string of the molecule is O=C(NCC1CCCCC1C(=O)O)c1nc(Cl)ccc1Cl. The van der Waals surface area contributed by atoms with Gasteiger partial charge in [-0.2, -0.15) is 0 Å². The van der Waals surface area contributed by atoms with E-state index in [2.05, 4.69) is 10.3 Å². The molecule has 0 aliphatic heterocycles. The first kappa shape index (κ1) is 16.0. The maximum Gasteiger partial charge on any atom is 0.306 e. The molecule has 2 unspecified atom stereocenters. The van der Waals surface area contributed by atoms with E-state index in [1.165, 1.54) is 12.1 Å². The number of carboxylic acid groups (broad SMARTS) is 1. The van der Waals surface area contributed by atoms with Crippen molar-refractivity contribution in [3.63, 3.8) is 0 Å². The van der Waals surface area contributed by atoms with E-state index in [1.54, 1.807) is 0 Å². The molecule has 2 atom stereocenters. The molecule has 0 bridgehead atoms. The number of pyridine rings is 1. The van der Waals surface area contributed by atoms with Crippen LogP contribution >= 0.6 is 23.2 Å². The Morgan fingerprint density at radius 2 is 2.00 bits per heavy atom. The fourth-order valence-corrected chi connectivity index (χ4v) is 3.00. The molecule has 1 amide bonds. The summed E-state index contributed by atoms with van der Waals surface area (Å²) < 4.78 is 0. The van der Waals surface area contributed by atoms with Crippen molar-refractivity contribution >= 4 is 35.1 Å². The van der Waals surface area contributed by atoms with Crippen LogP contribution in [-0.4, -0.2) is 28.5 Å². The zero-order valence-corrected chi connectivity index (χ0v) is 12.8. The van der Waals surface area contributed by atoms with Crippen molar-refractivity contribution in [3.05, 3.63) is 28.0 Å². The predicted molar refractivity (Wildman–Crippen MR) is 79.7 cm³/mol. The molecule has 1 fully saturated rings. The summed E-state index contributed by atoms with van der Waals surface area (Å²) in [5.74, 6) is -1.69. The van der Waals surface area contributed by atoms with Gasteiger partial charge in [0.2, 0.25) is 0 Å². The molecule has 1 aliphatic carbocycles. The number of nitrogens with zero attached hydrogens (tertiary/aromatic N) is 1. The molecule has 1 aromatic heterocycles. The fraction of sp³-hybridized carbons (Fsp3) is 0.500. The van der Waals surface area contributed by atoms with Gasteiger partial charge in [-0.1, -0.05) is 36.0 Å². The van der Waals surface area contributed by atoms with E-state index in [9.17, 15) is 14.7 Å². The second-order valence-electron chi connectivity index (χ2n) is 5.16. The Morgan fingerprint density at radius 3 is 2.71 bits per heavy atom. The van der Waals surface area contributed by atoms with Gasteiger partial charge in [-0.15, -0.1) is 0 Å². The first-order valence-corrected chi connectivity index (χ1v) is 7.57. The first-order valence-electron chi connectivity index (χ1n) is 6.82. The lowest BCUT2D eigenvalue weighted by Crippen LogP contribution is -2.37. The number of hydrogen-bond acceptors (Lipinski definition) is 3. The highest BCUT2D eigenvalue weighted by atomic mass is 35.5. The van der Waals surface area contributed by atoms with E-state index >= 15 is 0 Å². The first-order chi connectivity index (χ1) is 9.99. The van der Waals surface area contributed by atoms with Crippen LogP contribution in [0.4, 0.5) is 0 Å². The third kappa shape index (κ3) is 4.08. The van der Waals surface area contributed by atoms with Crippen molar-refractivity contribution in [1.29, 1.82) is 0 Å². The summed E-state index contributed by atoms with van der Waals surface area (Å²) in [4.78, 5) is 27.2. The smallest absolute Gasteiger partial charge is 0.306 e. The minimum atomic E-state index is -0.798. The average Bonchev–Trinajstić information content (AvgIpc) is 2.47. The van der Waals surface area contributed by atoms with Crippen LogP contribution in [0.5, 0.6) is 0 Å². The lowest BCUT2D eigenvalue weighted by Gasteiger charge is -2.28. The molecule has 0 saturated heterocycles. The van der Waals surface area contributed by atoms with E-state index in [-0.39, 0.29) is 21.8 Å². The molecular weight excluding hydrogens is 315 g/mol. The van der Waals surface area contributed by atoms with Crippen LogP contribution in [-0.2, 0) is 4.79 Å². The average molecular weight is 331 g/mol. The minimum Gasteiger partial charge on any atom is -0.481 e. The Bertz CT molecular complexity index is 551. The van der Waals surface area contributed by atoms with Gasteiger partial charge in [0.25, 0.3) is 5.91 Å². The Balaban J connectivity index is 1.99. The summed E-state index contributed by atoms with van der Waals surface area (Å²) in [6, 6.07) is 3.01. The standard InChI is InChI=1S/C14H16Cl2N2O3/c15-10-5-6-11(16)18-12(10)13(19)17-7-8-3-1-2-4-9(8)14(20)21/h5-6,8-9H,1-4,7H2,(H,17,19)(H,20,21). The van der Waals surface area contributed by atoms with E-state index in [0.29, 0.717) is 13.0 Å². The predicted octanol–water partition coefficient (Wildman–Crippen LogP) is 3.01. The number of halogens is 2. The summed E-state index contributed by atoms with van der Waals surface area (Å²) in [6.45, 7) is 0.306. The lowest BCUT2D eigenvalue weighted by molar-refractivity contribution is -0.144. The van der Waals surface area contributed by atoms with E-state index in [4.69, 9.17) is 23.2 Å². The van der Waals surface area contributed by atoms with Crippen molar-refractivity contribution in [2.45, 2.75) is 25.7 Å². The molecule has 7 heteroatoms. The molecule has 0 aromatic carbocycles. The van der Waals surface area contributed by atoms with Gasteiger partial charge >= 0.3 is 5.97 Å². The summed E-state index contributed by atoms with van der Waals surface area (Å²) >= 11 is 11.7. The van der Waals surface area contributed by atoms with Gasteiger partial charge in [-0.25, -0.2) is 4.98 Å². The highest BCUT2D eigenvalue weighted by Crippen LogP contribution is 2.29. The Hall–Kier alpha value is -1.33. The van der Waals surface area contributed by atoms with Crippen molar-refractivity contribution in [3.8, 4) is 0 Å². The molecule has 2 rings (SSSR count). The van der Waals surface area contributed by atoms with Gasteiger partial charge in [-0.3, -0.25) is 9.59 Å². The van der Waals surface area contributed by atoms with E-state index in [0.717, 1.165) is 19.3 Å². The number of amides is 1. The van der Waals surface area contributed by atoms with Crippen LogP contribution < -0.4 is 5.32 Å². The van der Waals surface area contributed by atoms with Crippen LogP contribution in [0.2, 0.25) is 10.2 Å². The number of aromatic nitrogens is 1. The topological polar surface area (TPSA) is 79.3 Å². The molecule has 1 aliphatic rings. The highest BCUT2D eigenvalue weighted by molar-refractivity contribution is 6.34. The zero-order chi connectivity index (χ0) is 15.4. The number of rotatable bonds is 4. The zero-order valence-electron chi connectivity index (χ0n) is 11.3. The summed E-state index contributed by atoms with van der Waals surface area (Å²) in [5, 5.41) is 12.3. The third-order valence-corrected chi connectivity index (χ3v) is 4.29. The second kappa shape index (κ2) is 7.09. The summed E-state index contributed by atoms with van der Waals surface area (Å²) in [7, 11) is 0. The van der Waals surface area contributed by atoms with Crippen LogP contribution in [0, 0.1) is 11.8 Å². The van der Waals surface area contributed by atoms with E-state index < -0.39 is 17.8 Å². The summed E-state index contributed by atoms with van der Waals surface area (Å²) in [6.07, 6.45) is 3.36. The molecule has 0 spiro atoms. The maximum atomic E-state index is 12.1. The number of aliphatic carboxylic acids is 1. The number of hydrogen-bond donors (Lipinski definition) is 2.